The number of aryl methyl sites for hydroxylation is 1. The summed E-state index contributed by atoms with van der Waals surface area (Å²) in [5.41, 5.74) is 0.169. The van der Waals surface area contributed by atoms with Gasteiger partial charge in [0.15, 0.2) is 6.10 Å². The number of likely N-dealkylation sites (N-methyl/N-ethyl adjacent to an activating group) is 1. The first kappa shape index (κ1) is 17.5. The average molecular weight is 294 g/mol. The Kier molecular flexibility index (Phi) is 6.18. The number of rotatable bonds is 7. The standard InChI is InChI=1S/C16H26N2O3/c1-12-6-8-14(9-7-12)21-13(2)15(19)17-10-16(3,20)11-18(4)5/h6-9,13,20H,10-11H2,1-5H3,(H,17,19). The first-order chi connectivity index (χ1) is 9.69. The second-order valence-electron chi connectivity index (χ2n) is 6.03. The third-order valence-electron chi connectivity index (χ3n) is 3.00. The van der Waals surface area contributed by atoms with Crippen LogP contribution in [-0.4, -0.2) is 54.8 Å². The average Bonchev–Trinajstić information content (AvgIpc) is 2.37. The van der Waals surface area contributed by atoms with Crippen molar-refractivity contribution < 1.29 is 14.6 Å². The molecule has 5 nitrogen and oxygen atoms in total. The largest absolute Gasteiger partial charge is 0.481 e. The van der Waals surface area contributed by atoms with E-state index in [0.717, 1.165) is 5.56 Å². The van der Waals surface area contributed by atoms with E-state index in [0.29, 0.717) is 12.3 Å². The van der Waals surface area contributed by atoms with E-state index in [4.69, 9.17) is 4.74 Å². The molecule has 0 aliphatic rings. The summed E-state index contributed by atoms with van der Waals surface area (Å²) in [5, 5.41) is 12.9. The normalized spacial score (nSPS) is 15.4. The molecule has 2 N–H and O–H groups in total. The quantitative estimate of drug-likeness (QED) is 0.793. The molecule has 0 aliphatic heterocycles. The Balaban J connectivity index is 2.46. The lowest BCUT2D eigenvalue weighted by Crippen LogP contribution is -2.49. The number of aliphatic hydroxyl groups is 1. The maximum atomic E-state index is 12.0. The number of carbonyl (C=O) groups excluding carboxylic acids is 1. The Hall–Kier alpha value is -1.59. The molecular formula is C16H26N2O3. The molecule has 0 fully saturated rings. The Labute approximate surface area is 126 Å². The zero-order valence-electron chi connectivity index (χ0n) is 13.5. The maximum absolute atomic E-state index is 12.0. The van der Waals surface area contributed by atoms with Crippen molar-refractivity contribution in [2.24, 2.45) is 0 Å². The molecule has 21 heavy (non-hydrogen) atoms. The van der Waals surface area contributed by atoms with E-state index in [1.165, 1.54) is 0 Å². The van der Waals surface area contributed by atoms with Gasteiger partial charge in [0, 0.05) is 13.1 Å². The molecular weight excluding hydrogens is 268 g/mol. The molecule has 0 spiro atoms. The van der Waals surface area contributed by atoms with E-state index in [9.17, 15) is 9.90 Å². The fraction of sp³-hybridized carbons (Fsp3) is 0.562. The molecule has 118 valence electrons. The first-order valence-corrected chi connectivity index (χ1v) is 7.08. The van der Waals surface area contributed by atoms with Crippen molar-refractivity contribution in [2.45, 2.75) is 32.5 Å². The highest BCUT2D eigenvalue weighted by Gasteiger charge is 2.24. The summed E-state index contributed by atoms with van der Waals surface area (Å²) < 4.78 is 5.57. The van der Waals surface area contributed by atoms with Gasteiger partial charge in [-0.1, -0.05) is 17.7 Å². The third-order valence-corrected chi connectivity index (χ3v) is 3.00. The summed E-state index contributed by atoms with van der Waals surface area (Å²) in [6.45, 7) is 6.04. The van der Waals surface area contributed by atoms with Crippen LogP contribution in [0.25, 0.3) is 0 Å². The van der Waals surface area contributed by atoms with Crippen LogP contribution < -0.4 is 10.1 Å². The van der Waals surface area contributed by atoms with Gasteiger partial charge in [-0.2, -0.15) is 0 Å². The lowest BCUT2D eigenvalue weighted by Gasteiger charge is -2.27. The number of hydrogen-bond donors (Lipinski definition) is 2. The van der Waals surface area contributed by atoms with Gasteiger partial charge in [-0.05, 0) is 47.0 Å². The SMILES string of the molecule is Cc1ccc(OC(C)C(=O)NCC(C)(O)CN(C)C)cc1. The molecule has 0 saturated heterocycles. The van der Waals surface area contributed by atoms with Gasteiger partial charge in [-0.25, -0.2) is 0 Å². The number of nitrogens with zero attached hydrogens (tertiary/aromatic N) is 1. The molecule has 0 aromatic heterocycles. The van der Waals surface area contributed by atoms with Crippen LogP contribution in [0.5, 0.6) is 5.75 Å². The number of benzene rings is 1. The van der Waals surface area contributed by atoms with Crippen molar-refractivity contribution in [2.75, 3.05) is 27.2 Å². The minimum atomic E-state index is -0.970. The van der Waals surface area contributed by atoms with E-state index in [-0.39, 0.29) is 12.5 Å². The van der Waals surface area contributed by atoms with Crippen molar-refractivity contribution in [1.29, 1.82) is 0 Å². The van der Waals surface area contributed by atoms with Crippen molar-refractivity contribution in [3.05, 3.63) is 29.8 Å². The fourth-order valence-electron chi connectivity index (χ4n) is 2.03. The van der Waals surface area contributed by atoms with Gasteiger partial charge in [0.2, 0.25) is 0 Å². The summed E-state index contributed by atoms with van der Waals surface area (Å²) in [4.78, 5) is 13.9. The second kappa shape index (κ2) is 7.43. The first-order valence-electron chi connectivity index (χ1n) is 7.08. The minimum absolute atomic E-state index is 0.186. The third kappa shape index (κ3) is 6.60. The Morgan fingerprint density at radius 2 is 1.95 bits per heavy atom. The molecule has 1 amide bonds. The number of amides is 1. The summed E-state index contributed by atoms with van der Waals surface area (Å²) in [7, 11) is 3.75. The van der Waals surface area contributed by atoms with Gasteiger partial charge in [0.25, 0.3) is 5.91 Å². The maximum Gasteiger partial charge on any atom is 0.260 e. The molecule has 1 rings (SSSR count). The zero-order chi connectivity index (χ0) is 16.0. The molecule has 0 heterocycles. The van der Waals surface area contributed by atoms with Gasteiger partial charge in [0.05, 0.1) is 5.60 Å². The predicted molar refractivity (Wildman–Crippen MR) is 83.5 cm³/mol. The summed E-state index contributed by atoms with van der Waals surface area (Å²) in [6, 6.07) is 7.53. The van der Waals surface area contributed by atoms with Crippen LogP contribution in [0.15, 0.2) is 24.3 Å². The van der Waals surface area contributed by atoms with E-state index < -0.39 is 11.7 Å². The number of ether oxygens (including phenoxy) is 1. The van der Waals surface area contributed by atoms with Gasteiger partial charge in [-0.15, -0.1) is 0 Å². The molecule has 5 heteroatoms. The van der Waals surface area contributed by atoms with Crippen molar-refractivity contribution in [1.82, 2.24) is 10.2 Å². The predicted octanol–water partition coefficient (Wildman–Crippen LogP) is 1.19. The monoisotopic (exact) mass is 294 g/mol. The molecule has 1 aromatic rings. The molecule has 1 aromatic carbocycles. The van der Waals surface area contributed by atoms with E-state index in [2.05, 4.69) is 5.32 Å². The van der Waals surface area contributed by atoms with Crippen LogP contribution in [0.1, 0.15) is 19.4 Å². The molecule has 2 unspecified atom stereocenters. The van der Waals surface area contributed by atoms with Crippen LogP contribution in [0.2, 0.25) is 0 Å². The van der Waals surface area contributed by atoms with Crippen LogP contribution in [0.3, 0.4) is 0 Å². The highest BCUT2D eigenvalue weighted by atomic mass is 16.5. The molecule has 0 saturated carbocycles. The number of nitrogens with one attached hydrogen (secondary N) is 1. The van der Waals surface area contributed by atoms with Crippen molar-refractivity contribution in [3.8, 4) is 5.75 Å². The topological polar surface area (TPSA) is 61.8 Å². The fourth-order valence-corrected chi connectivity index (χ4v) is 2.03. The summed E-state index contributed by atoms with van der Waals surface area (Å²) in [5.74, 6) is 0.415. The van der Waals surface area contributed by atoms with Crippen LogP contribution in [-0.2, 0) is 4.79 Å². The van der Waals surface area contributed by atoms with E-state index in [1.54, 1.807) is 13.8 Å². The summed E-state index contributed by atoms with van der Waals surface area (Å²) in [6.07, 6.45) is -0.608. The van der Waals surface area contributed by atoms with Crippen LogP contribution >= 0.6 is 0 Å². The lowest BCUT2D eigenvalue weighted by molar-refractivity contribution is -0.128. The molecule has 0 radical (unpaired) electrons. The van der Waals surface area contributed by atoms with Gasteiger partial charge < -0.3 is 20.1 Å². The molecule has 0 bridgehead atoms. The number of hydrogen-bond acceptors (Lipinski definition) is 4. The lowest BCUT2D eigenvalue weighted by atomic mass is 10.1. The van der Waals surface area contributed by atoms with E-state index in [1.807, 2.05) is 50.2 Å². The van der Waals surface area contributed by atoms with E-state index >= 15 is 0 Å². The van der Waals surface area contributed by atoms with Gasteiger partial charge in [-0.3, -0.25) is 4.79 Å². The van der Waals surface area contributed by atoms with Crippen LogP contribution in [0.4, 0.5) is 0 Å². The van der Waals surface area contributed by atoms with Gasteiger partial charge >= 0.3 is 0 Å². The Bertz CT molecular complexity index is 455. The highest BCUT2D eigenvalue weighted by molar-refractivity contribution is 5.80. The second-order valence-corrected chi connectivity index (χ2v) is 6.03. The molecule has 2 atom stereocenters. The van der Waals surface area contributed by atoms with Crippen LogP contribution in [0, 0.1) is 6.92 Å². The molecule has 0 aliphatic carbocycles. The van der Waals surface area contributed by atoms with Crippen molar-refractivity contribution >= 4 is 5.91 Å². The minimum Gasteiger partial charge on any atom is -0.481 e. The van der Waals surface area contributed by atoms with Crippen molar-refractivity contribution in [3.63, 3.8) is 0 Å². The smallest absolute Gasteiger partial charge is 0.260 e. The van der Waals surface area contributed by atoms with Gasteiger partial charge in [0.1, 0.15) is 5.75 Å². The zero-order valence-corrected chi connectivity index (χ0v) is 13.5. The Morgan fingerprint density at radius 1 is 1.38 bits per heavy atom. The number of carbonyl (C=O) groups is 1. The highest BCUT2D eigenvalue weighted by Crippen LogP contribution is 2.13. The Morgan fingerprint density at radius 3 is 2.48 bits per heavy atom. The summed E-state index contributed by atoms with van der Waals surface area (Å²) >= 11 is 0.